The topological polar surface area (TPSA) is 75.7 Å². The molecule has 1 N–H and O–H groups in total. The van der Waals surface area contributed by atoms with Crippen LogP contribution < -0.4 is 10.1 Å². The minimum Gasteiger partial charge on any atom is -0.497 e. The minimum atomic E-state index is -0.893. The van der Waals surface area contributed by atoms with Crippen molar-refractivity contribution in [1.82, 2.24) is 10.2 Å². The van der Waals surface area contributed by atoms with E-state index in [9.17, 15) is 14.4 Å². The Morgan fingerprint density at radius 2 is 1.90 bits per heavy atom. The van der Waals surface area contributed by atoms with Gasteiger partial charge in [-0.2, -0.15) is 0 Å². The highest BCUT2D eigenvalue weighted by atomic mass is 16.5. The summed E-state index contributed by atoms with van der Waals surface area (Å²) in [4.78, 5) is 37.2. The normalized spacial score (nSPS) is 18.2. The summed E-state index contributed by atoms with van der Waals surface area (Å²) in [5.74, 6) is -0.254. The molecule has 0 aromatic heterocycles. The van der Waals surface area contributed by atoms with Crippen molar-refractivity contribution < 1.29 is 19.1 Å². The Kier molecular flexibility index (Phi) is 4.09. The molecule has 0 atom stereocenters. The maximum Gasteiger partial charge on any atom is 0.246 e. The number of rotatable bonds is 4. The Morgan fingerprint density at radius 3 is 2.48 bits per heavy atom. The number of hydrogen-bond donors (Lipinski definition) is 1. The number of piperazine rings is 1. The fourth-order valence-electron chi connectivity index (χ4n) is 2.13. The van der Waals surface area contributed by atoms with Crippen molar-refractivity contribution in [2.24, 2.45) is 0 Å². The summed E-state index contributed by atoms with van der Waals surface area (Å²) in [5, 5.41) is 2.28. The van der Waals surface area contributed by atoms with Crippen molar-refractivity contribution in [3.05, 3.63) is 29.8 Å². The van der Waals surface area contributed by atoms with E-state index in [-0.39, 0.29) is 30.7 Å². The van der Waals surface area contributed by atoms with Gasteiger partial charge in [-0.3, -0.25) is 24.6 Å². The summed E-state index contributed by atoms with van der Waals surface area (Å²) in [6, 6.07) is 6.74. The van der Waals surface area contributed by atoms with Crippen molar-refractivity contribution in [2.45, 2.75) is 19.4 Å². The quantitative estimate of drug-likeness (QED) is 0.649. The van der Waals surface area contributed by atoms with Gasteiger partial charge in [0, 0.05) is 5.56 Å². The molecule has 1 aliphatic heterocycles. The van der Waals surface area contributed by atoms with Crippen LogP contribution in [0, 0.1) is 0 Å². The number of hydrogen-bond acceptors (Lipinski definition) is 5. The summed E-state index contributed by atoms with van der Waals surface area (Å²) in [6.45, 7) is 3.42. The molecule has 0 saturated carbocycles. The lowest BCUT2D eigenvalue weighted by molar-refractivity contribution is -0.144. The number of benzene rings is 1. The van der Waals surface area contributed by atoms with Crippen LogP contribution in [-0.2, 0) is 9.59 Å². The van der Waals surface area contributed by atoms with Gasteiger partial charge < -0.3 is 4.74 Å². The third-order valence-electron chi connectivity index (χ3n) is 3.68. The molecule has 0 aliphatic carbocycles. The largest absolute Gasteiger partial charge is 0.497 e. The zero-order chi connectivity index (χ0) is 15.6. The first-order valence-electron chi connectivity index (χ1n) is 6.61. The van der Waals surface area contributed by atoms with E-state index >= 15 is 0 Å². The Hall–Kier alpha value is -2.21. The molecule has 0 radical (unpaired) electrons. The third kappa shape index (κ3) is 3.11. The number of methoxy groups -OCH3 is 1. The molecule has 1 fully saturated rings. The van der Waals surface area contributed by atoms with E-state index in [1.807, 2.05) is 0 Å². The Morgan fingerprint density at radius 1 is 1.29 bits per heavy atom. The van der Waals surface area contributed by atoms with Gasteiger partial charge in [0.25, 0.3) is 0 Å². The Balaban J connectivity index is 2.13. The van der Waals surface area contributed by atoms with E-state index in [4.69, 9.17) is 4.74 Å². The lowest BCUT2D eigenvalue weighted by Gasteiger charge is -2.39. The van der Waals surface area contributed by atoms with Crippen molar-refractivity contribution in [3.63, 3.8) is 0 Å². The zero-order valence-corrected chi connectivity index (χ0v) is 12.3. The van der Waals surface area contributed by atoms with Crippen LogP contribution in [-0.4, -0.2) is 48.2 Å². The number of imide groups is 1. The molecule has 21 heavy (non-hydrogen) atoms. The van der Waals surface area contributed by atoms with Crippen molar-refractivity contribution in [1.29, 1.82) is 0 Å². The number of ketones is 1. The van der Waals surface area contributed by atoms with Gasteiger partial charge in [0.1, 0.15) is 5.75 Å². The molecule has 2 amide bonds. The lowest BCUT2D eigenvalue weighted by Crippen LogP contribution is -2.64. The fourth-order valence-corrected chi connectivity index (χ4v) is 2.13. The molecule has 0 unspecified atom stereocenters. The summed E-state index contributed by atoms with van der Waals surface area (Å²) in [6.07, 6.45) is 0. The van der Waals surface area contributed by atoms with Gasteiger partial charge >= 0.3 is 0 Å². The molecule has 6 nitrogen and oxygen atoms in total. The predicted octanol–water partition coefficient (Wildman–Crippen LogP) is 0.615. The van der Waals surface area contributed by atoms with E-state index in [2.05, 4.69) is 5.32 Å². The number of nitrogens with one attached hydrogen (secondary N) is 1. The first-order chi connectivity index (χ1) is 9.84. The zero-order valence-electron chi connectivity index (χ0n) is 12.3. The van der Waals surface area contributed by atoms with Gasteiger partial charge in [-0.15, -0.1) is 0 Å². The summed E-state index contributed by atoms with van der Waals surface area (Å²) < 4.78 is 5.04. The molecule has 112 valence electrons. The highest BCUT2D eigenvalue weighted by Gasteiger charge is 2.41. The van der Waals surface area contributed by atoms with E-state index in [1.54, 1.807) is 50.1 Å². The molecule has 0 bridgehead atoms. The van der Waals surface area contributed by atoms with Crippen molar-refractivity contribution in [2.75, 3.05) is 20.2 Å². The van der Waals surface area contributed by atoms with Crippen LogP contribution in [0.4, 0.5) is 0 Å². The molecule has 1 saturated heterocycles. The lowest BCUT2D eigenvalue weighted by atomic mass is 9.97. The van der Waals surface area contributed by atoms with Gasteiger partial charge in [0.2, 0.25) is 11.8 Å². The molecular formula is C15H18N2O4. The van der Waals surface area contributed by atoms with Gasteiger partial charge in [0.05, 0.1) is 25.7 Å². The molecule has 1 aromatic carbocycles. The second-order valence-corrected chi connectivity index (χ2v) is 5.44. The highest BCUT2D eigenvalue weighted by molar-refractivity contribution is 6.04. The highest BCUT2D eigenvalue weighted by Crippen LogP contribution is 2.19. The monoisotopic (exact) mass is 290 g/mol. The summed E-state index contributed by atoms with van der Waals surface area (Å²) in [5.41, 5.74) is -0.374. The number of nitrogens with zero attached hydrogens (tertiary/aromatic N) is 1. The third-order valence-corrected chi connectivity index (χ3v) is 3.68. The molecule has 1 heterocycles. The minimum absolute atomic E-state index is 0.0124. The molecule has 1 aliphatic rings. The smallest absolute Gasteiger partial charge is 0.246 e. The van der Waals surface area contributed by atoms with E-state index in [1.165, 1.54) is 0 Å². The molecule has 0 spiro atoms. The van der Waals surface area contributed by atoms with Crippen LogP contribution in [0.25, 0.3) is 0 Å². The summed E-state index contributed by atoms with van der Waals surface area (Å²) in [7, 11) is 1.55. The SMILES string of the molecule is COc1ccc(C(=O)CN2CC(=O)NC(=O)C2(C)C)cc1. The van der Waals surface area contributed by atoms with Gasteiger partial charge in [-0.05, 0) is 38.1 Å². The van der Waals surface area contributed by atoms with Crippen LogP contribution in [0.15, 0.2) is 24.3 Å². The molecular weight excluding hydrogens is 272 g/mol. The number of amides is 2. The molecule has 6 heteroatoms. The van der Waals surface area contributed by atoms with Crippen molar-refractivity contribution in [3.8, 4) is 5.75 Å². The van der Waals surface area contributed by atoms with Crippen LogP contribution >= 0.6 is 0 Å². The van der Waals surface area contributed by atoms with Crippen LogP contribution in [0.1, 0.15) is 24.2 Å². The predicted molar refractivity (Wildman–Crippen MR) is 76.1 cm³/mol. The second kappa shape index (κ2) is 5.65. The first-order valence-corrected chi connectivity index (χ1v) is 6.61. The number of carbonyl (C=O) groups excluding carboxylic acids is 3. The van der Waals surface area contributed by atoms with E-state index < -0.39 is 5.54 Å². The molecule has 1 aromatic rings. The standard InChI is InChI=1S/C15H18N2O4/c1-15(2)14(20)16-13(19)9-17(15)8-12(18)10-4-6-11(21-3)7-5-10/h4-7H,8-9H2,1-3H3,(H,16,19,20). The number of Topliss-reactive ketones (excluding diaryl/α,β-unsaturated/α-hetero) is 1. The molecule has 2 rings (SSSR count). The first kappa shape index (κ1) is 15.2. The van der Waals surface area contributed by atoms with E-state index in [0.29, 0.717) is 11.3 Å². The maximum atomic E-state index is 12.3. The van der Waals surface area contributed by atoms with Gasteiger partial charge in [-0.25, -0.2) is 0 Å². The van der Waals surface area contributed by atoms with Crippen molar-refractivity contribution >= 4 is 17.6 Å². The van der Waals surface area contributed by atoms with Gasteiger partial charge in [-0.1, -0.05) is 0 Å². The van der Waals surface area contributed by atoms with Crippen LogP contribution in [0.2, 0.25) is 0 Å². The average molecular weight is 290 g/mol. The number of carbonyl (C=O) groups is 3. The maximum absolute atomic E-state index is 12.3. The Bertz CT molecular complexity index is 578. The average Bonchev–Trinajstić information content (AvgIpc) is 2.45. The van der Waals surface area contributed by atoms with Gasteiger partial charge in [0.15, 0.2) is 5.78 Å². The second-order valence-electron chi connectivity index (χ2n) is 5.44. The Labute approximate surface area is 123 Å². The summed E-state index contributed by atoms with van der Waals surface area (Å²) >= 11 is 0. The van der Waals surface area contributed by atoms with Crippen LogP contribution in [0.3, 0.4) is 0 Å². The van der Waals surface area contributed by atoms with E-state index in [0.717, 1.165) is 0 Å². The fraction of sp³-hybridized carbons (Fsp3) is 0.400. The number of ether oxygens (including phenoxy) is 1. The van der Waals surface area contributed by atoms with Crippen LogP contribution in [0.5, 0.6) is 5.75 Å².